The molecule has 1 aliphatic rings. The van der Waals surface area contributed by atoms with Crippen LogP contribution >= 0.6 is 24.0 Å². The molecule has 8 heteroatoms. The van der Waals surface area contributed by atoms with Gasteiger partial charge in [-0.1, -0.05) is 24.3 Å². The van der Waals surface area contributed by atoms with E-state index in [0.29, 0.717) is 25.8 Å². The zero-order chi connectivity index (χ0) is 21.3. The maximum atomic E-state index is 6.05. The average molecular weight is 541 g/mol. The van der Waals surface area contributed by atoms with E-state index in [2.05, 4.69) is 53.8 Å². The highest BCUT2D eigenvalue weighted by atomic mass is 127. The molecule has 0 spiro atoms. The molecule has 31 heavy (non-hydrogen) atoms. The molecule has 172 valence electrons. The van der Waals surface area contributed by atoms with E-state index < -0.39 is 0 Å². The van der Waals surface area contributed by atoms with Crippen molar-refractivity contribution >= 4 is 29.9 Å². The van der Waals surface area contributed by atoms with Crippen molar-refractivity contribution in [2.24, 2.45) is 12.0 Å². The second-order valence-corrected chi connectivity index (χ2v) is 7.76. The molecule has 0 bridgehead atoms. The van der Waals surface area contributed by atoms with Crippen LogP contribution in [0.4, 0.5) is 0 Å². The Morgan fingerprint density at radius 1 is 1.23 bits per heavy atom. The number of halogens is 1. The minimum atomic E-state index is 0. The van der Waals surface area contributed by atoms with E-state index in [4.69, 9.17) is 14.5 Å². The number of aryl methyl sites for hydroxylation is 2. The first-order valence-corrected chi connectivity index (χ1v) is 10.8. The molecule has 1 aromatic heterocycles. The molecule has 3 rings (SSSR count). The summed E-state index contributed by atoms with van der Waals surface area (Å²) in [5.41, 5.74) is 5.81. The van der Waals surface area contributed by atoms with Gasteiger partial charge >= 0.3 is 0 Å². The predicted octanol–water partition coefficient (Wildman–Crippen LogP) is 3.61. The van der Waals surface area contributed by atoms with Crippen molar-refractivity contribution in [2.75, 3.05) is 19.8 Å². The average Bonchev–Trinajstić information content (AvgIpc) is 3.01. The van der Waals surface area contributed by atoms with Gasteiger partial charge < -0.3 is 20.1 Å². The Kier molecular flexibility index (Phi) is 10.8. The zero-order valence-electron chi connectivity index (χ0n) is 19.1. The number of benzene rings is 1. The highest BCUT2D eigenvalue weighted by Gasteiger charge is 2.14. The van der Waals surface area contributed by atoms with Crippen molar-refractivity contribution in [3.8, 4) is 0 Å². The maximum absolute atomic E-state index is 6.05. The smallest absolute Gasteiger partial charge is 0.191 e. The Morgan fingerprint density at radius 2 is 1.97 bits per heavy atom. The van der Waals surface area contributed by atoms with E-state index in [1.807, 2.05) is 18.7 Å². The van der Waals surface area contributed by atoms with Crippen LogP contribution in [0, 0.1) is 13.8 Å². The minimum Gasteiger partial charge on any atom is -0.381 e. The third-order valence-corrected chi connectivity index (χ3v) is 5.50. The van der Waals surface area contributed by atoms with Gasteiger partial charge in [-0.05, 0) is 44.7 Å². The fourth-order valence-electron chi connectivity index (χ4n) is 3.63. The van der Waals surface area contributed by atoms with E-state index in [0.717, 1.165) is 44.3 Å². The lowest BCUT2D eigenvalue weighted by molar-refractivity contribution is -0.0390. The number of aliphatic imine (C=N–C) groups is 1. The molecular formula is C23H36IN5O2. The Balaban J connectivity index is 0.00000341. The van der Waals surface area contributed by atoms with Crippen LogP contribution in [0.2, 0.25) is 0 Å². The summed E-state index contributed by atoms with van der Waals surface area (Å²) in [5.74, 6) is 0.809. The molecule has 7 nitrogen and oxygen atoms in total. The number of hydrogen-bond donors (Lipinski definition) is 2. The van der Waals surface area contributed by atoms with Gasteiger partial charge in [0.25, 0.3) is 0 Å². The topological polar surface area (TPSA) is 72.7 Å². The predicted molar refractivity (Wildman–Crippen MR) is 135 cm³/mol. The molecule has 0 amide bonds. The van der Waals surface area contributed by atoms with Gasteiger partial charge in [-0.2, -0.15) is 5.10 Å². The number of rotatable bonds is 8. The number of ether oxygens (including phenoxy) is 2. The number of aromatic nitrogens is 2. The van der Waals surface area contributed by atoms with Crippen molar-refractivity contribution in [3.05, 3.63) is 52.3 Å². The molecule has 2 aromatic rings. The fraction of sp³-hybridized carbons (Fsp3) is 0.565. The van der Waals surface area contributed by atoms with E-state index >= 15 is 0 Å². The number of nitrogens with one attached hydrogen (secondary N) is 2. The lowest BCUT2D eigenvalue weighted by Crippen LogP contribution is -2.37. The Bertz CT molecular complexity index is 846. The molecule has 1 aromatic carbocycles. The van der Waals surface area contributed by atoms with E-state index in [9.17, 15) is 0 Å². The van der Waals surface area contributed by atoms with Gasteiger partial charge in [0.1, 0.15) is 0 Å². The van der Waals surface area contributed by atoms with Crippen LogP contribution in [0.1, 0.15) is 47.8 Å². The summed E-state index contributed by atoms with van der Waals surface area (Å²) in [6, 6.07) is 8.49. The second kappa shape index (κ2) is 13.0. The van der Waals surface area contributed by atoms with Crippen molar-refractivity contribution in [1.82, 2.24) is 20.4 Å². The summed E-state index contributed by atoms with van der Waals surface area (Å²) in [7, 11) is 1.98. The van der Waals surface area contributed by atoms with Gasteiger partial charge in [-0.25, -0.2) is 4.99 Å². The van der Waals surface area contributed by atoms with Crippen LogP contribution < -0.4 is 10.6 Å². The van der Waals surface area contributed by atoms with Gasteiger partial charge in [0, 0.05) is 44.6 Å². The van der Waals surface area contributed by atoms with Gasteiger partial charge in [0.2, 0.25) is 0 Å². The van der Waals surface area contributed by atoms with Crippen molar-refractivity contribution in [2.45, 2.75) is 59.4 Å². The number of guanidine groups is 1. The summed E-state index contributed by atoms with van der Waals surface area (Å²) in [6.07, 6.45) is 2.28. The summed E-state index contributed by atoms with van der Waals surface area (Å²) in [4.78, 5) is 4.77. The molecule has 0 saturated carbocycles. The Labute approximate surface area is 203 Å². The maximum Gasteiger partial charge on any atom is 0.191 e. The molecule has 1 fully saturated rings. The monoisotopic (exact) mass is 541 g/mol. The first-order valence-electron chi connectivity index (χ1n) is 10.8. The van der Waals surface area contributed by atoms with E-state index in [1.54, 1.807) is 0 Å². The minimum absolute atomic E-state index is 0. The molecule has 2 N–H and O–H groups in total. The third kappa shape index (κ3) is 7.76. The van der Waals surface area contributed by atoms with Gasteiger partial charge in [0.05, 0.1) is 24.9 Å². The molecule has 0 unspecified atom stereocenters. The zero-order valence-corrected chi connectivity index (χ0v) is 21.4. The van der Waals surface area contributed by atoms with Crippen LogP contribution in [-0.2, 0) is 36.2 Å². The van der Waals surface area contributed by atoms with Crippen molar-refractivity contribution in [3.63, 3.8) is 0 Å². The summed E-state index contributed by atoms with van der Waals surface area (Å²) in [5, 5.41) is 11.2. The van der Waals surface area contributed by atoms with Gasteiger partial charge in [0.15, 0.2) is 5.96 Å². The Hall–Kier alpha value is -1.65. The van der Waals surface area contributed by atoms with Crippen LogP contribution in [-0.4, -0.2) is 41.6 Å². The van der Waals surface area contributed by atoms with Crippen molar-refractivity contribution < 1.29 is 9.47 Å². The van der Waals surface area contributed by atoms with Gasteiger partial charge in [-0.15, -0.1) is 24.0 Å². The second-order valence-electron chi connectivity index (χ2n) is 7.76. The lowest BCUT2D eigenvalue weighted by atomic mass is 10.1. The normalized spacial score (nSPS) is 14.9. The van der Waals surface area contributed by atoms with Crippen LogP contribution in [0.5, 0.6) is 0 Å². The SMILES string of the molecule is CCNC(=NCc1cccc(COC2CCOCC2)c1)NCc1c(C)nn(C)c1C.I. The summed E-state index contributed by atoms with van der Waals surface area (Å²) >= 11 is 0. The number of hydrogen-bond acceptors (Lipinski definition) is 4. The van der Waals surface area contributed by atoms with Crippen molar-refractivity contribution in [1.29, 1.82) is 0 Å². The highest BCUT2D eigenvalue weighted by Crippen LogP contribution is 2.15. The molecular weight excluding hydrogens is 505 g/mol. The van der Waals surface area contributed by atoms with E-state index in [-0.39, 0.29) is 24.0 Å². The molecule has 1 saturated heterocycles. The Morgan fingerprint density at radius 3 is 2.65 bits per heavy atom. The first-order chi connectivity index (χ1) is 14.6. The molecule has 1 aliphatic heterocycles. The van der Waals surface area contributed by atoms with Gasteiger partial charge in [-0.3, -0.25) is 4.68 Å². The largest absolute Gasteiger partial charge is 0.381 e. The first kappa shape index (κ1) is 25.6. The van der Waals surface area contributed by atoms with E-state index in [1.165, 1.54) is 22.4 Å². The van der Waals surface area contributed by atoms with Crippen LogP contribution in [0.15, 0.2) is 29.3 Å². The summed E-state index contributed by atoms with van der Waals surface area (Å²) in [6.45, 7) is 10.6. The lowest BCUT2D eigenvalue weighted by Gasteiger charge is -2.22. The quantitative estimate of drug-likeness (QED) is 0.304. The third-order valence-electron chi connectivity index (χ3n) is 5.50. The molecule has 2 heterocycles. The molecule has 0 aliphatic carbocycles. The van der Waals surface area contributed by atoms with Crippen LogP contribution in [0.25, 0.3) is 0 Å². The number of nitrogens with zero attached hydrogens (tertiary/aromatic N) is 3. The molecule has 0 atom stereocenters. The summed E-state index contributed by atoms with van der Waals surface area (Å²) < 4.78 is 13.4. The highest BCUT2D eigenvalue weighted by molar-refractivity contribution is 14.0. The standard InChI is InChI=1S/C23H35N5O2.HI/c1-5-24-23(26-15-22-17(2)27-28(4)18(22)3)25-14-19-7-6-8-20(13-19)16-30-21-9-11-29-12-10-21;/h6-8,13,21H,5,9-12,14-16H2,1-4H3,(H2,24,25,26);1H. The molecule has 0 radical (unpaired) electrons. The van der Waals surface area contributed by atoms with Crippen LogP contribution in [0.3, 0.4) is 0 Å². The fourth-order valence-corrected chi connectivity index (χ4v) is 3.63.